The van der Waals surface area contributed by atoms with Crippen molar-refractivity contribution in [1.29, 1.82) is 0 Å². The lowest BCUT2D eigenvalue weighted by atomic mass is 10.3. The van der Waals surface area contributed by atoms with E-state index in [1.54, 1.807) is 18.2 Å². The van der Waals surface area contributed by atoms with Crippen LogP contribution in [0.15, 0.2) is 51.8 Å². The normalized spacial score (nSPS) is 11.4. The number of anilines is 1. The topological polar surface area (TPSA) is 102 Å². The molecule has 0 aliphatic heterocycles. The van der Waals surface area contributed by atoms with Gasteiger partial charge >= 0.3 is 0 Å². The summed E-state index contributed by atoms with van der Waals surface area (Å²) in [6.45, 7) is 2.09. The van der Waals surface area contributed by atoms with E-state index < -0.39 is 15.7 Å². The highest BCUT2D eigenvalue weighted by Crippen LogP contribution is 2.20. The second-order valence-corrected chi connectivity index (χ2v) is 8.95. The number of carbonyl (C=O) groups excluding carboxylic acids is 1. The number of sulfone groups is 1. The lowest BCUT2D eigenvalue weighted by Gasteiger charge is -2.02. The van der Waals surface area contributed by atoms with Crippen LogP contribution in [-0.2, 0) is 22.0 Å². The van der Waals surface area contributed by atoms with Crippen LogP contribution in [0.3, 0.4) is 0 Å². The van der Waals surface area contributed by atoms with Gasteiger partial charge in [-0.25, -0.2) is 8.42 Å². The molecule has 27 heavy (non-hydrogen) atoms. The maximum absolute atomic E-state index is 12.4. The van der Waals surface area contributed by atoms with Crippen molar-refractivity contribution in [3.63, 3.8) is 0 Å². The smallest absolute Gasteiger partial charge is 0.293 e. The largest absolute Gasteiger partial charge is 0.455 e. The molecule has 0 radical (unpaired) electrons. The van der Waals surface area contributed by atoms with Gasteiger partial charge < -0.3 is 4.42 Å². The van der Waals surface area contributed by atoms with Gasteiger partial charge in [0.15, 0.2) is 15.6 Å². The van der Waals surface area contributed by atoms with Crippen LogP contribution in [-0.4, -0.2) is 24.5 Å². The van der Waals surface area contributed by atoms with E-state index >= 15 is 0 Å². The summed E-state index contributed by atoms with van der Waals surface area (Å²) in [5, 5.41) is 11.8. The molecule has 7 nitrogen and oxygen atoms in total. The first-order valence-electron chi connectivity index (χ1n) is 8.48. The maximum atomic E-state index is 12.4. The average Bonchev–Trinajstić information content (AvgIpc) is 3.30. The van der Waals surface area contributed by atoms with Crippen molar-refractivity contribution in [1.82, 2.24) is 10.2 Å². The van der Waals surface area contributed by atoms with Crippen LogP contribution in [0.2, 0.25) is 0 Å². The molecule has 0 aliphatic rings. The summed E-state index contributed by atoms with van der Waals surface area (Å²) < 4.78 is 30.2. The van der Waals surface area contributed by atoms with Crippen LogP contribution in [0.4, 0.5) is 5.13 Å². The van der Waals surface area contributed by atoms with Gasteiger partial charge in [-0.05, 0) is 30.7 Å². The summed E-state index contributed by atoms with van der Waals surface area (Å²) in [6, 6.07) is 11.0. The van der Waals surface area contributed by atoms with Gasteiger partial charge in [0.25, 0.3) is 5.91 Å². The minimum Gasteiger partial charge on any atom is -0.455 e. The number of aromatic nitrogens is 2. The minimum atomic E-state index is -3.54. The molecule has 0 saturated heterocycles. The Morgan fingerprint density at radius 1 is 1.15 bits per heavy atom. The molecule has 3 rings (SSSR count). The fourth-order valence-corrected chi connectivity index (χ4v) is 4.41. The third-order valence-corrected chi connectivity index (χ3v) is 6.30. The monoisotopic (exact) mass is 405 g/mol. The van der Waals surface area contributed by atoms with E-state index in [1.165, 1.54) is 35.6 Å². The molecule has 1 aromatic carbocycles. The van der Waals surface area contributed by atoms with Crippen molar-refractivity contribution < 1.29 is 17.6 Å². The van der Waals surface area contributed by atoms with Gasteiger partial charge in [-0.15, -0.1) is 10.2 Å². The molecule has 1 N–H and O–H groups in total. The Balaban J connectivity index is 1.65. The summed E-state index contributed by atoms with van der Waals surface area (Å²) in [5.41, 5.74) is 0. The molecule has 9 heteroatoms. The predicted molar refractivity (Wildman–Crippen MR) is 103 cm³/mol. The summed E-state index contributed by atoms with van der Waals surface area (Å²) >= 11 is 1.32. The summed E-state index contributed by atoms with van der Waals surface area (Å²) in [6.07, 6.45) is 2.90. The van der Waals surface area contributed by atoms with E-state index in [0.717, 1.165) is 24.3 Å². The molecule has 0 unspecified atom stereocenters. The van der Waals surface area contributed by atoms with E-state index in [-0.39, 0.29) is 22.2 Å². The number of amides is 1. The molecular weight excluding hydrogens is 386 g/mol. The van der Waals surface area contributed by atoms with E-state index in [1.807, 2.05) is 0 Å². The summed E-state index contributed by atoms with van der Waals surface area (Å²) in [7, 11) is -3.54. The number of nitrogens with one attached hydrogen (secondary N) is 1. The molecule has 142 valence electrons. The highest BCUT2D eigenvalue weighted by Gasteiger charge is 2.19. The lowest BCUT2D eigenvalue weighted by molar-refractivity contribution is 0.0995. The third-order valence-electron chi connectivity index (χ3n) is 3.75. The average molecular weight is 406 g/mol. The van der Waals surface area contributed by atoms with Crippen molar-refractivity contribution in [2.75, 3.05) is 5.32 Å². The van der Waals surface area contributed by atoms with Crippen molar-refractivity contribution >= 4 is 32.2 Å². The highest BCUT2D eigenvalue weighted by molar-refractivity contribution is 7.90. The van der Waals surface area contributed by atoms with Crippen molar-refractivity contribution in [3.8, 4) is 0 Å². The Bertz CT molecular complexity index is 1010. The molecule has 3 aromatic rings. The third kappa shape index (κ3) is 5.01. The first-order chi connectivity index (χ1) is 13.0. The number of benzene rings is 1. The van der Waals surface area contributed by atoms with Crippen LogP contribution in [0.1, 0.15) is 41.1 Å². The van der Waals surface area contributed by atoms with Crippen molar-refractivity contribution in [2.45, 2.75) is 36.8 Å². The number of hydrogen-bond acceptors (Lipinski definition) is 7. The number of furan rings is 1. The SMILES string of the molecule is CCCCc1nnc(NC(=O)c2ccc(CS(=O)(=O)c3ccccc3)o2)s1. The van der Waals surface area contributed by atoms with Crippen LogP contribution >= 0.6 is 11.3 Å². The number of carbonyl (C=O) groups is 1. The van der Waals surface area contributed by atoms with E-state index in [9.17, 15) is 13.2 Å². The Morgan fingerprint density at radius 3 is 2.67 bits per heavy atom. The van der Waals surface area contributed by atoms with Crippen LogP contribution in [0.5, 0.6) is 0 Å². The lowest BCUT2D eigenvalue weighted by Crippen LogP contribution is -2.10. The van der Waals surface area contributed by atoms with Gasteiger partial charge in [-0.2, -0.15) is 0 Å². The van der Waals surface area contributed by atoms with Gasteiger partial charge in [0.2, 0.25) is 5.13 Å². The fourth-order valence-electron chi connectivity index (χ4n) is 2.37. The van der Waals surface area contributed by atoms with Crippen LogP contribution in [0, 0.1) is 0 Å². The van der Waals surface area contributed by atoms with Crippen molar-refractivity contribution in [2.24, 2.45) is 0 Å². The molecule has 2 heterocycles. The predicted octanol–water partition coefficient (Wildman–Crippen LogP) is 3.70. The molecular formula is C18H19N3O4S2. The Morgan fingerprint density at radius 2 is 1.93 bits per heavy atom. The Hall–Kier alpha value is -2.52. The molecule has 0 saturated carbocycles. The summed E-state index contributed by atoms with van der Waals surface area (Å²) in [5.74, 6) is -0.579. The van der Waals surface area contributed by atoms with Crippen molar-refractivity contribution in [3.05, 3.63) is 59.0 Å². The van der Waals surface area contributed by atoms with E-state index in [0.29, 0.717) is 5.13 Å². The number of nitrogens with zero attached hydrogens (tertiary/aromatic N) is 2. The number of rotatable bonds is 8. The van der Waals surface area contributed by atoms with Gasteiger partial charge in [0, 0.05) is 6.42 Å². The maximum Gasteiger partial charge on any atom is 0.293 e. The molecule has 0 aliphatic carbocycles. The number of hydrogen-bond donors (Lipinski definition) is 1. The fraction of sp³-hybridized carbons (Fsp3) is 0.278. The second kappa shape index (κ2) is 8.45. The van der Waals surface area contributed by atoms with Gasteiger partial charge in [0.1, 0.15) is 16.5 Å². The molecule has 1 amide bonds. The zero-order valence-electron chi connectivity index (χ0n) is 14.7. The quantitative estimate of drug-likeness (QED) is 0.613. The number of aryl methyl sites for hydroxylation is 1. The zero-order chi connectivity index (χ0) is 19.3. The first kappa shape index (κ1) is 19.2. The Labute approximate surface area is 161 Å². The Kier molecular flexibility index (Phi) is 6.02. The molecule has 0 fully saturated rings. The second-order valence-electron chi connectivity index (χ2n) is 5.90. The first-order valence-corrected chi connectivity index (χ1v) is 10.9. The van der Waals surface area contributed by atoms with E-state index in [2.05, 4.69) is 22.4 Å². The summed E-state index contributed by atoms with van der Waals surface area (Å²) in [4.78, 5) is 12.5. The van der Waals surface area contributed by atoms with Gasteiger partial charge in [-0.1, -0.05) is 42.9 Å². The van der Waals surface area contributed by atoms with Gasteiger partial charge in [0.05, 0.1) is 4.90 Å². The highest BCUT2D eigenvalue weighted by atomic mass is 32.2. The molecule has 2 aromatic heterocycles. The standard InChI is InChI=1S/C18H19N3O4S2/c1-2-3-9-16-20-21-18(26-16)19-17(22)15-11-10-13(25-15)12-27(23,24)14-7-5-4-6-8-14/h4-8,10-11H,2-3,9,12H2,1H3,(H,19,21,22). The minimum absolute atomic E-state index is 0.0265. The van der Waals surface area contributed by atoms with E-state index in [4.69, 9.17) is 4.42 Å². The molecule has 0 bridgehead atoms. The molecule has 0 atom stereocenters. The van der Waals surface area contributed by atoms with Crippen LogP contribution in [0.25, 0.3) is 0 Å². The zero-order valence-corrected chi connectivity index (χ0v) is 16.3. The number of unbranched alkanes of at least 4 members (excludes halogenated alkanes) is 1. The van der Waals surface area contributed by atoms with Crippen LogP contribution < -0.4 is 5.32 Å². The van der Waals surface area contributed by atoms with Gasteiger partial charge in [-0.3, -0.25) is 10.1 Å². The molecule has 0 spiro atoms.